The maximum Gasteiger partial charge on any atom is 0.326 e. The highest BCUT2D eigenvalue weighted by Crippen LogP contribution is 2.36. The van der Waals surface area contributed by atoms with Crippen molar-refractivity contribution < 1.29 is 9.90 Å². The van der Waals surface area contributed by atoms with Gasteiger partial charge in [-0.25, -0.2) is 4.79 Å². The van der Waals surface area contributed by atoms with Crippen molar-refractivity contribution >= 4 is 29.2 Å². The Morgan fingerprint density at radius 3 is 2.65 bits per heavy atom. The van der Waals surface area contributed by atoms with Gasteiger partial charge < -0.3 is 9.67 Å². The molecule has 1 aromatic carbocycles. The van der Waals surface area contributed by atoms with Crippen LogP contribution in [0.3, 0.4) is 0 Å². The molecule has 102 valence electrons. The van der Waals surface area contributed by atoms with Crippen LogP contribution in [0.25, 0.3) is 11.1 Å². The smallest absolute Gasteiger partial charge is 0.326 e. The third-order valence-electron chi connectivity index (χ3n) is 3.01. The number of aromatic nitrogens is 1. The number of carboxylic acid groups (broad SMARTS) is 1. The molecule has 2 aromatic rings. The summed E-state index contributed by atoms with van der Waals surface area (Å²) in [5.74, 6) is -0.978. The molecule has 20 heavy (non-hydrogen) atoms. The van der Waals surface area contributed by atoms with Crippen molar-refractivity contribution in [3.63, 3.8) is 0 Å². The van der Waals surface area contributed by atoms with Crippen LogP contribution in [0.2, 0.25) is 10.0 Å². The zero-order valence-corrected chi connectivity index (χ0v) is 12.0. The van der Waals surface area contributed by atoms with E-state index in [1.165, 1.54) is 17.7 Å². The topological polar surface area (TPSA) is 66.0 Å². The molecule has 0 aliphatic rings. The first-order chi connectivity index (χ1) is 9.45. The number of halogens is 2. The van der Waals surface area contributed by atoms with Crippen molar-refractivity contribution in [3.8, 4) is 17.2 Å². The Balaban J connectivity index is 2.60. The maximum atomic E-state index is 11.0. The van der Waals surface area contributed by atoms with E-state index in [2.05, 4.69) is 0 Å². The van der Waals surface area contributed by atoms with Crippen molar-refractivity contribution in [2.45, 2.75) is 13.0 Å². The Bertz CT molecular complexity index is 716. The molecule has 0 radical (unpaired) electrons. The lowest BCUT2D eigenvalue weighted by molar-refractivity contribution is -0.140. The zero-order valence-electron chi connectivity index (χ0n) is 10.5. The highest BCUT2D eigenvalue weighted by molar-refractivity contribution is 6.43. The summed E-state index contributed by atoms with van der Waals surface area (Å²) in [4.78, 5) is 11.0. The van der Waals surface area contributed by atoms with E-state index in [1.54, 1.807) is 24.4 Å². The minimum absolute atomic E-state index is 0.339. The summed E-state index contributed by atoms with van der Waals surface area (Å²) >= 11 is 12.1. The molecule has 4 nitrogen and oxygen atoms in total. The summed E-state index contributed by atoms with van der Waals surface area (Å²) in [6, 6.07) is 6.38. The first-order valence-corrected chi connectivity index (χ1v) is 6.50. The fraction of sp³-hybridized carbons (Fsp3) is 0.143. The quantitative estimate of drug-likeness (QED) is 0.932. The lowest BCUT2D eigenvalue weighted by Crippen LogP contribution is -2.13. The number of hydrogen-bond donors (Lipinski definition) is 1. The van der Waals surface area contributed by atoms with Gasteiger partial charge in [-0.1, -0.05) is 35.3 Å². The van der Waals surface area contributed by atoms with E-state index in [4.69, 9.17) is 28.3 Å². The molecule has 1 heterocycles. The van der Waals surface area contributed by atoms with Crippen LogP contribution in [0.15, 0.2) is 30.6 Å². The summed E-state index contributed by atoms with van der Waals surface area (Å²) in [5.41, 5.74) is 1.52. The largest absolute Gasteiger partial charge is 0.480 e. The minimum atomic E-state index is -0.978. The fourth-order valence-corrected chi connectivity index (χ4v) is 2.24. The van der Waals surface area contributed by atoms with E-state index in [0.29, 0.717) is 26.7 Å². The van der Waals surface area contributed by atoms with Gasteiger partial charge in [0, 0.05) is 23.5 Å². The molecule has 0 aliphatic heterocycles. The lowest BCUT2D eigenvalue weighted by Gasteiger charge is -2.07. The zero-order chi connectivity index (χ0) is 14.9. The second kappa shape index (κ2) is 5.58. The number of hydrogen-bond acceptors (Lipinski definition) is 2. The molecule has 2 rings (SSSR count). The van der Waals surface area contributed by atoms with Crippen LogP contribution < -0.4 is 0 Å². The van der Waals surface area contributed by atoms with Gasteiger partial charge in [0.15, 0.2) is 0 Å². The van der Waals surface area contributed by atoms with Gasteiger partial charge in [-0.3, -0.25) is 0 Å². The van der Waals surface area contributed by atoms with Crippen molar-refractivity contribution in [2.75, 3.05) is 0 Å². The molecule has 6 heteroatoms. The third kappa shape index (κ3) is 2.51. The SMILES string of the molecule is CC(C(=O)O)n1cc(C#N)c(-c2cccc(Cl)c2Cl)c1. The van der Waals surface area contributed by atoms with E-state index < -0.39 is 12.0 Å². The molecule has 0 saturated carbocycles. The van der Waals surface area contributed by atoms with Gasteiger partial charge in [0.25, 0.3) is 0 Å². The first-order valence-electron chi connectivity index (χ1n) is 5.74. The highest BCUT2D eigenvalue weighted by Gasteiger charge is 2.18. The Labute approximate surface area is 125 Å². The minimum Gasteiger partial charge on any atom is -0.480 e. The molecule has 0 amide bonds. The number of carbonyl (C=O) groups is 1. The lowest BCUT2D eigenvalue weighted by atomic mass is 10.1. The van der Waals surface area contributed by atoms with Gasteiger partial charge >= 0.3 is 5.97 Å². The number of nitriles is 1. The van der Waals surface area contributed by atoms with Crippen LogP contribution >= 0.6 is 23.2 Å². The first kappa shape index (κ1) is 14.4. The van der Waals surface area contributed by atoms with Crippen molar-refractivity contribution in [3.05, 3.63) is 46.2 Å². The number of carboxylic acids is 1. The fourth-order valence-electron chi connectivity index (χ4n) is 1.84. The van der Waals surface area contributed by atoms with Gasteiger partial charge in [-0.15, -0.1) is 0 Å². The van der Waals surface area contributed by atoms with Crippen LogP contribution in [0.5, 0.6) is 0 Å². The van der Waals surface area contributed by atoms with E-state index >= 15 is 0 Å². The van der Waals surface area contributed by atoms with E-state index in [-0.39, 0.29) is 0 Å². The Hall–Kier alpha value is -1.96. The average molecular weight is 309 g/mol. The molecule has 1 unspecified atom stereocenters. The maximum absolute atomic E-state index is 11.0. The number of aliphatic carboxylic acids is 1. The molecule has 1 aromatic heterocycles. The van der Waals surface area contributed by atoms with Crippen LogP contribution in [-0.4, -0.2) is 15.6 Å². The van der Waals surface area contributed by atoms with Crippen LogP contribution in [0, 0.1) is 11.3 Å². The molecule has 0 spiro atoms. The molecule has 0 bridgehead atoms. The molecule has 1 atom stereocenters. The predicted octanol–water partition coefficient (Wildman–Crippen LogP) is 3.98. The Morgan fingerprint density at radius 2 is 2.05 bits per heavy atom. The summed E-state index contributed by atoms with van der Waals surface area (Å²) in [6.07, 6.45) is 3.08. The molecular formula is C14H10Cl2N2O2. The number of nitrogens with zero attached hydrogens (tertiary/aromatic N) is 2. The molecular weight excluding hydrogens is 299 g/mol. The summed E-state index contributed by atoms with van der Waals surface area (Å²) in [6.45, 7) is 1.53. The number of benzene rings is 1. The van der Waals surface area contributed by atoms with E-state index in [0.717, 1.165) is 0 Å². The molecule has 1 N–H and O–H groups in total. The Morgan fingerprint density at radius 1 is 1.35 bits per heavy atom. The predicted molar refractivity (Wildman–Crippen MR) is 76.9 cm³/mol. The van der Waals surface area contributed by atoms with Crippen LogP contribution in [-0.2, 0) is 4.79 Å². The summed E-state index contributed by atoms with van der Waals surface area (Å²) in [7, 11) is 0. The van der Waals surface area contributed by atoms with Gasteiger partial charge in [-0.05, 0) is 13.0 Å². The normalized spacial score (nSPS) is 11.9. The van der Waals surface area contributed by atoms with Crippen LogP contribution in [0.4, 0.5) is 0 Å². The number of rotatable bonds is 3. The van der Waals surface area contributed by atoms with Crippen LogP contribution in [0.1, 0.15) is 18.5 Å². The van der Waals surface area contributed by atoms with E-state index in [1.807, 2.05) is 6.07 Å². The molecule has 0 aliphatic carbocycles. The van der Waals surface area contributed by atoms with Gasteiger partial charge in [0.2, 0.25) is 0 Å². The van der Waals surface area contributed by atoms with Crippen molar-refractivity contribution in [1.82, 2.24) is 4.57 Å². The highest BCUT2D eigenvalue weighted by atomic mass is 35.5. The van der Waals surface area contributed by atoms with E-state index in [9.17, 15) is 10.1 Å². The average Bonchev–Trinajstić information content (AvgIpc) is 2.84. The van der Waals surface area contributed by atoms with Gasteiger partial charge in [0.05, 0.1) is 15.6 Å². The monoisotopic (exact) mass is 308 g/mol. The summed E-state index contributed by atoms with van der Waals surface area (Å²) < 4.78 is 1.47. The second-order valence-corrected chi connectivity index (χ2v) is 5.05. The molecule has 0 fully saturated rings. The molecule has 0 saturated heterocycles. The van der Waals surface area contributed by atoms with Gasteiger partial charge in [-0.2, -0.15) is 5.26 Å². The van der Waals surface area contributed by atoms with Crippen molar-refractivity contribution in [1.29, 1.82) is 5.26 Å². The third-order valence-corrected chi connectivity index (χ3v) is 3.83. The Kier molecular flexibility index (Phi) is 4.03. The summed E-state index contributed by atoms with van der Waals surface area (Å²) in [5, 5.41) is 18.9. The second-order valence-electron chi connectivity index (χ2n) is 4.26. The van der Waals surface area contributed by atoms with Crippen molar-refractivity contribution in [2.24, 2.45) is 0 Å². The standard InChI is InChI=1S/C14H10Cl2N2O2/c1-8(14(19)20)18-6-9(5-17)11(7-18)10-3-2-4-12(15)13(10)16/h2-4,6-8H,1H3,(H,19,20). The van der Waals surface area contributed by atoms with Gasteiger partial charge in [0.1, 0.15) is 12.1 Å².